The quantitative estimate of drug-likeness (QED) is 0.641. The molecule has 1 fully saturated rings. The normalized spacial score (nSPS) is 32.7. The van der Waals surface area contributed by atoms with Crippen molar-refractivity contribution < 1.29 is 18.9 Å². The van der Waals surface area contributed by atoms with E-state index in [4.69, 9.17) is 5.11 Å². The van der Waals surface area contributed by atoms with Crippen LogP contribution in [0.2, 0.25) is 0 Å². The summed E-state index contributed by atoms with van der Waals surface area (Å²) in [5.41, 5.74) is 0. The first-order chi connectivity index (χ1) is 6.43. The lowest BCUT2D eigenvalue weighted by molar-refractivity contribution is -0.150. The summed E-state index contributed by atoms with van der Waals surface area (Å²) in [6.07, 6.45) is 0. The predicted molar refractivity (Wildman–Crippen MR) is 51.3 cm³/mol. The fourth-order valence-corrected chi connectivity index (χ4v) is 3.19. The van der Waals surface area contributed by atoms with Gasteiger partial charge in [0, 0.05) is 29.5 Å². The lowest BCUT2D eigenvalue weighted by atomic mass is 10.2. The van der Waals surface area contributed by atoms with Crippen LogP contribution in [0.3, 0.4) is 0 Å². The minimum atomic E-state index is -1.13. The number of hydrogen-bond donors (Lipinski definition) is 1. The van der Waals surface area contributed by atoms with Gasteiger partial charge < -0.3 is 10.0 Å². The summed E-state index contributed by atoms with van der Waals surface area (Å²) in [6, 6.07) is -1.19. The number of carboxylic acids is 1. The van der Waals surface area contributed by atoms with Gasteiger partial charge in [-0.25, -0.2) is 4.79 Å². The van der Waals surface area contributed by atoms with Crippen LogP contribution >= 0.6 is 0 Å². The molecule has 1 amide bonds. The molecule has 0 saturated carbocycles. The summed E-state index contributed by atoms with van der Waals surface area (Å²) in [4.78, 5) is 23.3. The average molecular weight is 219 g/mol. The molecule has 0 aliphatic carbocycles. The van der Waals surface area contributed by atoms with E-state index in [1.165, 1.54) is 11.8 Å². The smallest absolute Gasteiger partial charge is 0.327 e. The van der Waals surface area contributed by atoms with Crippen molar-refractivity contribution in [2.45, 2.75) is 25.9 Å². The van der Waals surface area contributed by atoms with E-state index < -0.39 is 22.8 Å². The highest BCUT2D eigenvalue weighted by Gasteiger charge is 2.37. The fourth-order valence-electron chi connectivity index (χ4n) is 1.70. The number of rotatable bonds is 1. The van der Waals surface area contributed by atoms with Crippen molar-refractivity contribution in [2.24, 2.45) is 0 Å². The Labute approximate surface area is 84.5 Å². The van der Waals surface area contributed by atoms with Crippen molar-refractivity contribution in [2.75, 3.05) is 11.5 Å². The molecular weight excluding hydrogens is 206 g/mol. The molecule has 1 N–H and O–H groups in total. The molecule has 80 valence electrons. The van der Waals surface area contributed by atoms with Crippen LogP contribution in [0, 0.1) is 0 Å². The van der Waals surface area contributed by atoms with E-state index in [2.05, 4.69) is 0 Å². The van der Waals surface area contributed by atoms with Gasteiger partial charge in [0.15, 0.2) is 0 Å². The zero-order valence-electron chi connectivity index (χ0n) is 8.10. The zero-order chi connectivity index (χ0) is 10.9. The summed E-state index contributed by atoms with van der Waals surface area (Å²) in [5.74, 6) is -0.954. The van der Waals surface area contributed by atoms with Crippen molar-refractivity contribution in [1.82, 2.24) is 4.90 Å². The van der Waals surface area contributed by atoms with E-state index in [0.717, 1.165) is 0 Å². The van der Waals surface area contributed by atoms with Crippen LogP contribution in [0.15, 0.2) is 0 Å². The first-order valence-electron chi connectivity index (χ1n) is 4.30. The third-order valence-corrected chi connectivity index (χ3v) is 3.77. The topological polar surface area (TPSA) is 74.7 Å². The van der Waals surface area contributed by atoms with Gasteiger partial charge in [0.1, 0.15) is 6.04 Å². The van der Waals surface area contributed by atoms with Crippen molar-refractivity contribution in [3.63, 3.8) is 0 Å². The van der Waals surface area contributed by atoms with Crippen molar-refractivity contribution >= 4 is 22.7 Å². The van der Waals surface area contributed by atoms with E-state index in [1.807, 2.05) is 0 Å². The number of hydrogen-bond acceptors (Lipinski definition) is 3. The maximum absolute atomic E-state index is 11.3. The summed E-state index contributed by atoms with van der Waals surface area (Å²) >= 11 is 0. The first-order valence-corrected chi connectivity index (χ1v) is 5.79. The SMILES string of the molecule is CC(=O)N1C(C)CS(=O)CC1C(=O)O. The molecule has 6 heteroatoms. The molecule has 0 aromatic heterocycles. The van der Waals surface area contributed by atoms with Crippen molar-refractivity contribution in [3.05, 3.63) is 0 Å². The predicted octanol–water partition coefficient (Wildman–Crippen LogP) is -0.561. The molecule has 14 heavy (non-hydrogen) atoms. The Morgan fingerprint density at radius 2 is 2.00 bits per heavy atom. The van der Waals surface area contributed by atoms with Gasteiger partial charge in [-0.3, -0.25) is 9.00 Å². The number of aliphatic carboxylic acids is 1. The third-order valence-electron chi connectivity index (χ3n) is 2.23. The van der Waals surface area contributed by atoms with Gasteiger partial charge in [0.2, 0.25) is 5.91 Å². The van der Waals surface area contributed by atoms with Gasteiger partial charge >= 0.3 is 5.97 Å². The summed E-state index contributed by atoms with van der Waals surface area (Å²) < 4.78 is 11.3. The number of carbonyl (C=O) groups excluding carboxylic acids is 1. The summed E-state index contributed by atoms with van der Waals surface area (Å²) in [5, 5.41) is 8.86. The molecule has 0 bridgehead atoms. The number of carbonyl (C=O) groups is 2. The second-order valence-corrected chi connectivity index (χ2v) is 4.95. The monoisotopic (exact) mass is 219 g/mol. The molecule has 3 unspecified atom stereocenters. The highest BCUT2D eigenvalue weighted by molar-refractivity contribution is 7.85. The van der Waals surface area contributed by atoms with Gasteiger partial charge in [-0.2, -0.15) is 0 Å². The van der Waals surface area contributed by atoms with Gasteiger partial charge in [-0.1, -0.05) is 0 Å². The molecule has 1 rings (SSSR count). The van der Waals surface area contributed by atoms with Crippen molar-refractivity contribution in [1.29, 1.82) is 0 Å². The second kappa shape index (κ2) is 4.08. The summed E-state index contributed by atoms with van der Waals surface area (Å²) in [6.45, 7) is 3.05. The lowest BCUT2D eigenvalue weighted by Gasteiger charge is -2.37. The Kier molecular flexibility index (Phi) is 3.25. The molecule has 0 aromatic carbocycles. The standard InChI is InChI=1S/C8H13NO4S/c1-5-3-14(13)4-7(8(11)12)9(5)6(2)10/h5,7H,3-4H2,1-2H3,(H,11,12). The van der Waals surface area contributed by atoms with Crippen LogP contribution in [-0.2, 0) is 20.4 Å². The number of amides is 1. The molecule has 5 nitrogen and oxygen atoms in total. The van der Waals surface area contributed by atoms with Crippen LogP contribution < -0.4 is 0 Å². The minimum absolute atomic E-state index is 0.0409. The second-order valence-electron chi connectivity index (χ2n) is 3.40. The minimum Gasteiger partial charge on any atom is -0.480 e. The van der Waals surface area contributed by atoms with Crippen molar-refractivity contribution in [3.8, 4) is 0 Å². The van der Waals surface area contributed by atoms with Gasteiger partial charge in [0.05, 0.1) is 5.75 Å². The van der Waals surface area contributed by atoms with Crippen LogP contribution in [0.1, 0.15) is 13.8 Å². The molecule has 1 heterocycles. The molecule has 0 spiro atoms. The van der Waals surface area contributed by atoms with Gasteiger partial charge in [0.25, 0.3) is 0 Å². The Morgan fingerprint density at radius 3 is 2.43 bits per heavy atom. The number of carboxylic acid groups (broad SMARTS) is 1. The maximum Gasteiger partial charge on any atom is 0.327 e. The van der Waals surface area contributed by atoms with Crippen LogP contribution in [-0.4, -0.2) is 49.7 Å². The fraction of sp³-hybridized carbons (Fsp3) is 0.750. The largest absolute Gasteiger partial charge is 0.480 e. The molecule has 1 aliphatic rings. The Hall–Kier alpha value is -0.910. The average Bonchev–Trinajstić information content (AvgIpc) is 2.01. The summed E-state index contributed by atoms with van der Waals surface area (Å²) in [7, 11) is -1.13. The lowest BCUT2D eigenvalue weighted by Crippen LogP contribution is -2.57. The van der Waals surface area contributed by atoms with Gasteiger partial charge in [-0.05, 0) is 6.92 Å². The molecular formula is C8H13NO4S. The molecule has 1 aliphatic heterocycles. The zero-order valence-corrected chi connectivity index (χ0v) is 8.91. The van der Waals surface area contributed by atoms with E-state index in [-0.39, 0.29) is 17.7 Å². The van der Waals surface area contributed by atoms with E-state index in [0.29, 0.717) is 5.75 Å². The van der Waals surface area contributed by atoms with Crippen LogP contribution in [0.4, 0.5) is 0 Å². The molecule has 1 saturated heterocycles. The van der Waals surface area contributed by atoms with Crippen LogP contribution in [0.5, 0.6) is 0 Å². The molecule has 0 aromatic rings. The molecule has 0 radical (unpaired) electrons. The first kappa shape index (κ1) is 11.2. The Balaban J connectivity index is 2.91. The Morgan fingerprint density at radius 1 is 1.43 bits per heavy atom. The maximum atomic E-state index is 11.3. The third kappa shape index (κ3) is 2.12. The highest BCUT2D eigenvalue weighted by Crippen LogP contribution is 2.15. The Bertz CT molecular complexity index is 291. The van der Waals surface area contributed by atoms with Crippen LogP contribution in [0.25, 0.3) is 0 Å². The van der Waals surface area contributed by atoms with E-state index >= 15 is 0 Å². The highest BCUT2D eigenvalue weighted by atomic mass is 32.2. The van der Waals surface area contributed by atoms with E-state index in [9.17, 15) is 13.8 Å². The van der Waals surface area contributed by atoms with Gasteiger partial charge in [-0.15, -0.1) is 0 Å². The number of nitrogens with zero attached hydrogens (tertiary/aromatic N) is 1. The molecule has 3 atom stereocenters. The van der Waals surface area contributed by atoms with E-state index in [1.54, 1.807) is 6.92 Å².